The number of aromatic nitrogens is 3. The Bertz CT molecular complexity index is 910. The Hall–Kier alpha value is -2.86. The molecule has 0 bridgehead atoms. The molecule has 0 spiro atoms. The van der Waals surface area contributed by atoms with Gasteiger partial charge in [0.2, 0.25) is 0 Å². The summed E-state index contributed by atoms with van der Waals surface area (Å²) in [7, 11) is 1.76. The van der Waals surface area contributed by atoms with E-state index in [1.807, 2.05) is 50.2 Å². The van der Waals surface area contributed by atoms with Gasteiger partial charge in [0.05, 0.1) is 16.8 Å². The Balaban J connectivity index is 1.63. The van der Waals surface area contributed by atoms with Gasteiger partial charge < -0.3 is 9.64 Å². The lowest BCUT2D eigenvalue weighted by atomic mass is 10.1. The van der Waals surface area contributed by atoms with Crippen LogP contribution in [0.1, 0.15) is 24.1 Å². The highest BCUT2D eigenvalue weighted by Gasteiger charge is 2.18. The molecule has 3 rings (SSSR count). The maximum absolute atomic E-state index is 12.5. The molecule has 0 saturated heterocycles. The summed E-state index contributed by atoms with van der Waals surface area (Å²) in [5.74, 6) is 0.392. The summed E-state index contributed by atoms with van der Waals surface area (Å²) >= 11 is 6.11. The molecular formula is C20H21ClN4O2. The lowest BCUT2D eigenvalue weighted by Gasteiger charge is -2.25. The summed E-state index contributed by atoms with van der Waals surface area (Å²) in [5, 5.41) is 4.60. The van der Waals surface area contributed by atoms with Crippen LogP contribution < -0.4 is 4.74 Å². The molecule has 0 saturated carbocycles. The van der Waals surface area contributed by atoms with E-state index in [4.69, 9.17) is 16.3 Å². The van der Waals surface area contributed by atoms with Crippen molar-refractivity contribution in [2.24, 2.45) is 0 Å². The number of amides is 1. The summed E-state index contributed by atoms with van der Waals surface area (Å²) in [6.07, 6.45) is 3.13. The van der Waals surface area contributed by atoms with Crippen molar-refractivity contribution in [3.05, 3.63) is 71.3 Å². The summed E-state index contributed by atoms with van der Waals surface area (Å²) < 4.78 is 7.30. The van der Waals surface area contributed by atoms with Crippen molar-refractivity contribution in [3.63, 3.8) is 0 Å². The van der Waals surface area contributed by atoms with Crippen molar-refractivity contribution in [1.29, 1.82) is 0 Å². The van der Waals surface area contributed by atoms with E-state index >= 15 is 0 Å². The summed E-state index contributed by atoms with van der Waals surface area (Å²) in [5.41, 5.74) is 2.95. The van der Waals surface area contributed by atoms with Crippen LogP contribution in [0.5, 0.6) is 5.75 Å². The van der Waals surface area contributed by atoms with Crippen molar-refractivity contribution in [2.45, 2.75) is 19.9 Å². The Morgan fingerprint density at radius 2 is 2.00 bits per heavy atom. The Morgan fingerprint density at radius 1 is 1.26 bits per heavy atom. The van der Waals surface area contributed by atoms with E-state index in [1.165, 1.54) is 6.33 Å². The number of rotatable bonds is 6. The smallest absolute Gasteiger partial charge is 0.260 e. The predicted molar refractivity (Wildman–Crippen MR) is 104 cm³/mol. The third kappa shape index (κ3) is 4.46. The van der Waals surface area contributed by atoms with Crippen molar-refractivity contribution in [3.8, 4) is 11.4 Å². The molecule has 1 atom stereocenters. The predicted octanol–water partition coefficient (Wildman–Crippen LogP) is 3.83. The maximum Gasteiger partial charge on any atom is 0.260 e. The Morgan fingerprint density at radius 3 is 2.67 bits per heavy atom. The molecule has 1 amide bonds. The highest BCUT2D eigenvalue weighted by Crippen LogP contribution is 2.26. The number of carbonyl (C=O) groups is 1. The number of hydrogen-bond donors (Lipinski definition) is 0. The molecule has 0 radical (unpaired) electrons. The van der Waals surface area contributed by atoms with Gasteiger partial charge in [0.25, 0.3) is 5.91 Å². The first-order chi connectivity index (χ1) is 13.0. The molecule has 7 heteroatoms. The Labute approximate surface area is 163 Å². The number of carbonyl (C=O) groups excluding carboxylic acids is 1. The molecule has 0 aliphatic heterocycles. The molecule has 1 aromatic heterocycles. The maximum atomic E-state index is 12.5. The van der Waals surface area contributed by atoms with Crippen LogP contribution in [0.4, 0.5) is 0 Å². The summed E-state index contributed by atoms with van der Waals surface area (Å²) in [4.78, 5) is 18.1. The van der Waals surface area contributed by atoms with Gasteiger partial charge in [-0.2, -0.15) is 5.10 Å². The zero-order valence-electron chi connectivity index (χ0n) is 15.5. The SMILES string of the molecule is Cc1ccc(Cl)c(OCC(=O)N(C)[C@H](C)c2ccc(-n3cncn3)cc2)c1. The van der Waals surface area contributed by atoms with E-state index in [0.717, 1.165) is 16.8 Å². The average Bonchev–Trinajstić information content (AvgIpc) is 3.22. The van der Waals surface area contributed by atoms with E-state index in [9.17, 15) is 4.79 Å². The second-order valence-electron chi connectivity index (χ2n) is 6.33. The molecule has 0 fully saturated rings. The van der Waals surface area contributed by atoms with E-state index in [2.05, 4.69) is 10.1 Å². The minimum atomic E-state index is -0.125. The van der Waals surface area contributed by atoms with Gasteiger partial charge in [-0.15, -0.1) is 0 Å². The molecule has 140 valence electrons. The average molecular weight is 385 g/mol. The normalized spacial score (nSPS) is 11.9. The fourth-order valence-corrected chi connectivity index (χ4v) is 2.82. The van der Waals surface area contributed by atoms with Crippen LogP contribution in [0.25, 0.3) is 5.69 Å². The van der Waals surface area contributed by atoms with Crippen LogP contribution in [0.2, 0.25) is 5.02 Å². The second kappa shape index (κ2) is 8.22. The van der Waals surface area contributed by atoms with Crippen molar-refractivity contribution in [2.75, 3.05) is 13.7 Å². The first-order valence-electron chi connectivity index (χ1n) is 8.55. The fourth-order valence-electron chi connectivity index (χ4n) is 2.65. The summed E-state index contributed by atoms with van der Waals surface area (Å²) in [6.45, 7) is 3.85. The van der Waals surface area contributed by atoms with Gasteiger partial charge >= 0.3 is 0 Å². The lowest BCUT2D eigenvalue weighted by molar-refractivity contribution is -0.134. The number of nitrogens with zero attached hydrogens (tertiary/aromatic N) is 4. The number of ether oxygens (including phenoxy) is 1. The van der Waals surface area contributed by atoms with Gasteiger partial charge in [0.1, 0.15) is 18.4 Å². The molecule has 27 heavy (non-hydrogen) atoms. The van der Waals surface area contributed by atoms with E-state index < -0.39 is 0 Å². The number of hydrogen-bond acceptors (Lipinski definition) is 4. The molecule has 0 N–H and O–H groups in total. The van der Waals surface area contributed by atoms with E-state index in [0.29, 0.717) is 10.8 Å². The van der Waals surface area contributed by atoms with Crippen LogP contribution in [-0.2, 0) is 4.79 Å². The number of benzene rings is 2. The molecule has 0 aliphatic rings. The van der Waals surface area contributed by atoms with Gasteiger partial charge in [-0.1, -0.05) is 29.8 Å². The monoisotopic (exact) mass is 384 g/mol. The van der Waals surface area contributed by atoms with Crippen LogP contribution in [-0.4, -0.2) is 39.2 Å². The molecule has 0 unspecified atom stereocenters. The van der Waals surface area contributed by atoms with Crippen LogP contribution in [0.3, 0.4) is 0 Å². The number of likely N-dealkylation sites (N-methyl/N-ethyl adjacent to an activating group) is 1. The lowest BCUT2D eigenvalue weighted by Crippen LogP contribution is -2.33. The molecule has 2 aromatic carbocycles. The minimum Gasteiger partial charge on any atom is -0.482 e. The number of halogens is 1. The zero-order chi connectivity index (χ0) is 19.4. The minimum absolute atomic E-state index is 0.0684. The molecule has 6 nitrogen and oxygen atoms in total. The van der Waals surface area contributed by atoms with Gasteiger partial charge in [-0.05, 0) is 49.2 Å². The van der Waals surface area contributed by atoms with Gasteiger partial charge in [-0.25, -0.2) is 9.67 Å². The molecule has 3 aromatic rings. The van der Waals surface area contributed by atoms with Crippen LogP contribution in [0.15, 0.2) is 55.1 Å². The molecule has 1 heterocycles. The van der Waals surface area contributed by atoms with Gasteiger partial charge in [0, 0.05) is 7.05 Å². The highest BCUT2D eigenvalue weighted by atomic mass is 35.5. The first-order valence-corrected chi connectivity index (χ1v) is 8.93. The second-order valence-corrected chi connectivity index (χ2v) is 6.74. The van der Waals surface area contributed by atoms with Crippen molar-refractivity contribution < 1.29 is 9.53 Å². The first kappa shape index (κ1) is 18.9. The summed E-state index contributed by atoms with van der Waals surface area (Å²) in [6, 6.07) is 13.2. The highest BCUT2D eigenvalue weighted by molar-refractivity contribution is 6.32. The van der Waals surface area contributed by atoms with Crippen LogP contribution >= 0.6 is 11.6 Å². The Kier molecular flexibility index (Phi) is 5.76. The van der Waals surface area contributed by atoms with Gasteiger partial charge in [-0.3, -0.25) is 4.79 Å². The molecular weight excluding hydrogens is 364 g/mol. The fraction of sp³-hybridized carbons (Fsp3) is 0.250. The quantitative estimate of drug-likeness (QED) is 0.648. The topological polar surface area (TPSA) is 60.2 Å². The van der Waals surface area contributed by atoms with Gasteiger partial charge in [0.15, 0.2) is 6.61 Å². The molecule has 0 aliphatic carbocycles. The number of aryl methyl sites for hydroxylation is 1. The van der Waals surface area contributed by atoms with E-state index in [-0.39, 0.29) is 18.6 Å². The van der Waals surface area contributed by atoms with Crippen molar-refractivity contribution in [1.82, 2.24) is 19.7 Å². The van der Waals surface area contributed by atoms with Crippen LogP contribution in [0, 0.1) is 6.92 Å². The van der Waals surface area contributed by atoms with E-state index in [1.54, 1.807) is 29.0 Å². The third-order valence-corrected chi connectivity index (χ3v) is 4.78. The van der Waals surface area contributed by atoms with Crippen molar-refractivity contribution >= 4 is 17.5 Å². The zero-order valence-corrected chi connectivity index (χ0v) is 16.2. The standard InChI is InChI=1S/C20H21ClN4O2/c1-14-4-9-18(21)19(10-14)27-11-20(26)24(3)15(2)16-5-7-17(8-6-16)25-13-22-12-23-25/h4-10,12-13,15H,11H2,1-3H3/t15-/m1/s1. The third-order valence-electron chi connectivity index (χ3n) is 4.47. The largest absolute Gasteiger partial charge is 0.482 e.